The third kappa shape index (κ3) is 3.34. The van der Waals surface area contributed by atoms with Gasteiger partial charge in [-0.1, -0.05) is 0 Å². The lowest BCUT2D eigenvalue weighted by Crippen LogP contribution is -2.18. The molecule has 0 aromatic carbocycles. The molecule has 0 saturated heterocycles. The van der Waals surface area contributed by atoms with Gasteiger partial charge >= 0.3 is 0 Å². The molecule has 0 spiro atoms. The first-order chi connectivity index (χ1) is 9.20. The van der Waals surface area contributed by atoms with E-state index in [9.17, 15) is 0 Å². The first-order valence-electron chi connectivity index (χ1n) is 6.20. The number of anilines is 2. The van der Waals surface area contributed by atoms with E-state index in [1.54, 1.807) is 12.4 Å². The summed E-state index contributed by atoms with van der Waals surface area (Å²) in [6, 6.07) is 7.67. The lowest BCUT2D eigenvalue weighted by Gasteiger charge is -2.19. The first kappa shape index (κ1) is 13.1. The van der Waals surface area contributed by atoms with Crippen LogP contribution in [0.1, 0.15) is 12.5 Å². The van der Waals surface area contributed by atoms with Gasteiger partial charge in [-0.15, -0.1) is 0 Å². The predicted octanol–water partition coefficient (Wildman–Crippen LogP) is 2.09. The van der Waals surface area contributed by atoms with Gasteiger partial charge in [0, 0.05) is 26.0 Å². The number of ether oxygens (including phenoxy) is 1. The summed E-state index contributed by atoms with van der Waals surface area (Å²) in [5, 5.41) is 0. The van der Waals surface area contributed by atoms with Crippen LogP contribution in [-0.4, -0.2) is 23.6 Å². The highest BCUT2D eigenvalue weighted by Gasteiger charge is 2.08. The summed E-state index contributed by atoms with van der Waals surface area (Å²) in [5.41, 5.74) is 7.55. The van der Waals surface area contributed by atoms with E-state index in [4.69, 9.17) is 10.5 Å². The third-order valence-corrected chi connectivity index (χ3v) is 2.72. The number of rotatable bonds is 5. The molecule has 2 aromatic heterocycles. The van der Waals surface area contributed by atoms with Crippen LogP contribution in [-0.2, 0) is 6.54 Å². The summed E-state index contributed by atoms with van der Waals surface area (Å²) in [6.45, 7) is 3.22. The van der Waals surface area contributed by atoms with Gasteiger partial charge in [0.1, 0.15) is 5.82 Å². The highest BCUT2D eigenvalue weighted by Crippen LogP contribution is 2.23. The molecule has 0 unspecified atom stereocenters. The van der Waals surface area contributed by atoms with Crippen molar-refractivity contribution in [3.8, 4) is 5.88 Å². The lowest BCUT2D eigenvalue weighted by atomic mass is 10.2. The van der Waals surface area contributed by atoms with Crippen molar-refractivity contribution < 1.29 is 4.74 Å². The van der Waals surface area contributed by atoms with Gasteiger partial charge in [0.05, 0.1) is 12.3 Å². The van der Waals surface area contributed by atoms with E-state index in [0.717, 1.165) is 12.4 Å². The molecule has 2 heterocycles. The third-order valence-electron chi connectivity index (χ3n) is 2.72. The number of hydrogen-bond acceptors (Lipinski definition) is 5. The van der Waals surface area contributed by atoms with E-state index in [-0.39, 0.29) is 0 Å². The SMILES string of the molecule is CCOc1nc(N(C)Cc2ccncc2)ccc1N. The van der Waals surface area contributed by atoms with E-state index < -0.39 is 0 Å². The Labute approximate surface area is 113 Å². The Morgan fingerprint density at radius 2 is 1.95 bits per heavy atom. The van der Waals surface area contributed by atoms with E-state index in [1.807, 2.05) is 43.1 Å². The maximum absolute atomic E-state index is 5.81. The fraction of sp³-hybridized carbons (Fsp3) is 0.286. The minimum Gasteiger partial charge on any atom is -0.476 e. The summed E-state index contributed by atoms with van der Waals surface area (Å²) in [4.78, 5) is 10.5. The van der Waals surface area contributed by atoms with Crippen LogP contribution in [0.4, 0.5) is 11.5 Å². The monoisotopic (exact) mass is 258 g/mol. The number of aromatic nitrogens is 2. The highest BCUT2D eigenvalue weighted by atomic mass is 16.5. The van der Waals surface area contributed by atoms with E-state index >= 15 is 0 Å². The Balaban J connectivity index is 2.15. The minimum absolute atomic E-state index is 0.488. The Kier molecular flexibility index (Phi) is 4.18. The Morgan fingerprint density at radius 1 is 1.21 bits per heavy atom. The molecule has 2 aromatic rings. The van der Waals surface area contributed by atoms with Crippen molar-refractivity contribution in [3.05, 3.63) is 42.2 Å². The average molecular weight is 258 g/mol. The molecule has 0 saturated carbocycles. The zero-order valence-corrected chi connectivity index (χ0v) is 11.2. The zero-order valence-electron chi connectivity index (χ0n) is 11.2. The Hall–Kier alpha value is -2.30. The minimum atomic E-state index is 0.488. The van der Waals surface area contributed by atoms with Gasteiger partial charge in [-0.3, -0.25) is 4.98 Å². The van der Waals surface area contributed by atoms with Crippen LogP contribution in [0.2, 0.25) is 0 Å². The molecule has 2 N–H and O–H groups in total. The summed E-state index contributed by atoms with van der Waals surface area (Å²) in [5.74, 6) is 1.32. The first-order valence-corrected chi connectivity index (χ1v) is 6.20. The van der Waals surface area contributed by atoms with Gasteiger partial charge < -0.3 is 15.4 Å². The maximum Gasteiger partial charge on any atom is 0.239 e. The van der Waals surface area contributed by atoms with Crippen LogP contribution in [0, 0.1) is 0 Å². The van der Waals surface area contributed by atoms with Gasteiger partial charge in [-0.05, 0) is 36.8 Å². The van der Waals surface area contributed by atoms with Gasteiger partial charge in [0.2, 0.25) is 5.88 Å². The number of hydrogen-bond donors (Lipinski definition) is 1. The van der Waals surface area contributed by atoms with Crippen molar-refractivity contribution in [1.82, 2.24) is 9.97 Å². The van der Waals surface area contributed by atoms with Crippen molar-refractivity contribution in [1.29, 1.82) is 0 Å². The topological polar surface area (TPSA) is 64.3 Å². The predicted molar refractivity (Wildman–Crippen MR) is 76.2 cm³/mol. The quantitative estimate of drug-likeness (QED) is 0.889. The molecule has 0 fully saturated rings. The highest BCUT2D eigenvalue weighted by molar-refractivity contribution is 5.54. The number of nitrogen functional groups attached to an aromatic ring is 1. The molecule has 0 aliphatic carbocycles. The molecule has 0 radical (unpaired) electrons. The van der Waals surface area contributed by atoms with Gasteiger partial charge in [0.25, 0.3) is 0 Å². The maximum atomic E-state index is 5.81. The van der Waals surface area contributed by atoms with Gasteiger partial charge in [0.15, 0.2) is 0 Å². The molecular weight excluding hydrogens is 240 g/mol. The number of nitrogens with zero attached hydrogens (tertiary/aromatic N) is 3. The van der Waals surface area contributed by atoms with Crippen molar-refractivity contribution in [3.63, 3.8) is 0 Å². The lowest BCUT2D eigenvalue weighted by molar-refractivity contribution is 0.329. The van der Waals surface area contributed by atoms with Crippen LogP contribution in [0.15, 0.2) is 36.7 Å². The summed E-state index contributed by atoms with van der Waals surface area (Å²) in [7, 11) is 1.98. The van der Waals surface area contributed by atoms with E-state index in [2.05, 4.69) is 9.97 Å². The molecule has 0 bridgehead atoms. The normalized spacial score (nSPS) is 10.2. The molecule has 2 rings (SSSR count). The molecular formula is C14H18N4O. The molecule has 100 valence electrons. The summed E-state index contributed by atoms with van der Waals surface area (Å²) < 4.78 is 5.40. The van der Waals surface area contributed by atoms with Gasteiger partial charge in [-0.25, -0.2) is 0 Å². The van der Waals surface area contributed by atoms with Gasteiger partial charge in [-0.2, -0.15) is 4.98 Å². The molecule has 0 atom stereocenters. The smallest absolute Gasteiger partial charge is 0.239 e. The largest absolute Gasteiger partial charge is 0.476 e. The Morgan fingerprint density at radius 3 is 2.63 bits per heavy atom. The van der Waals surface area contributed by atoms with Crippen molar-refractivity contribution in [2.45, 2.75) is 13.5 Å². The molecule has 5 nitrogen and oxygen atoms in total. The van der Waals surface area contributed by atoms with Crippen LogP contribution < -0.4 is 15.4 Å². The van der Waals surface area contributed by atoms with Crippen molar-refractivity contribution in [2.75, 3.05) is 24.3 Å². The second-order valence-corrected chi connectivity index (χ2v) is 4.21. The van der Waals surface area contributed by atoms with Crippen molar-refractivity contribution in [2.24, 2.45) is 0 Å². The van der Waals surface area contributed by atoms with Crippen LogP contribution in [0.3, 0.4) is 0 Å². The van der Waals surface area contributed by atoms with Crippen LogP contribution in [0.25, 0.3) is 0 Å². The van der Waals surface area contributed by atoms with Crippen molar-refractivity contribution >= 4 is 11.5 Å². The molecule has 5 heteroatoms. The summed E-state index contributed by atoms with van der Waals surface area (Å²) in [6.07, 6.45) is 3.57. The standard InChI is InChI=1S/C14H18N4O/c1-3-19-14-12(15)4-5-13(17-14)18(2)10-11-6-8-16-9-7-11/h4-9H,3,10,15H2,1-2H3. The molecule has 0 amide bonds. The molecule has 0 aliphatic heterocycles. The fourth-order valence-electron chi connectivity index (χ4n) is 1.75. The zero-order chi connectivity index (χ0) is 13.7. The number of pyridine rings is 2. The second kappa shape index (κ2) is 6.04. The molecule has 19 heavy (non-hydrogen) atoms. The van der Waals surface area contributed by atoms with Crippen LogP contribution in [0.5, 0.6) is 5.88 Å². The van der Waals surface area contributed by atoms with Crippen LogP contribution >= 0.6 is 0 Å². The second-order valence-electron chi connectivity index (χ2n) is 4.21. The Bertz CT molecular complexity index is 530. The molecule has 0 aliphatic rings. The van der Waals surface area contributed by atoms with E-state index in [0.29, 0.717) is 18.2 Å². The average Bonchev–Trinajstić information content (AvgIpc) is 2.42. The summed E-state index contributed by atoms with van der Waals surface area (Å²) >= 11 is 0. The van der Waals surface area contributed by atoms with E-state index in [1.165, 1.54) is 5.56 Å². The number of nitrogens with two attached hydrogens (primary N) is 1. The fourth-order valence-corrected chi connectivity index (χ4v) is 1.75.